The van der Waals surface area contributed by atoms with Crippen LogP contribution in [-0.4, -0.2) is 12.6 Å². The van der Waals surface area contributed by atoms with Gasteiger partial charge in [0.05, 0.1) is 0 Å². The van der Waals surface area contributed by atoms with E-state index in [1.54, 1.807) is 28.0 Å². The van der Waals surface area contributed by atoms with Gasteiger partial charge >= 0.3 is 0 Å². The summed E-state index contributed by atoms with van der Waals surface area (Å²) in [7, 11) is 0. The van der Waals surface area contributed by atoms with E-state index in [4.69, 9.17) is 0 Å². The van der Waals surface area contributed by atoms with E-state index in [-0.39, 0.29) is 0 Å². The summed E-state index contributed by atoms with van der Waals surface area (Å²) < 4.78 is 0. The van der Waals surface area contributed by atoms with E-state index in [0.717, 1.165) is 18.4 Å². The van der Waals surface area contributed by atoms with Gasteiger partial charge in [-0.1, -0.05) is 61.7 Å². The van der Waals surface area contributed by atoms with Crippen molar-refractivity contribution in [2.45, 2.75) is 77.3 Å². The van der Waals surface area contributed by atoms with Crippen LogP contribution in [0, 0.1) is 11.8 Å². The number of benzene rings is 1. The first-order valence-electron chi connectivity index (χ1n) is 11.9. The van der Waals surface area contributed by atoms with Crippen LogP contribution in [0.15, 0.2) is 64.4 Å². The van der Waals surface area contributed by atoms with Gasteiger partial charge in [-0.05, 0) is 79.1 Å². The summed E-state index contributed by atoms with van der Waals surface area (Å²) >= 11 is 0. The molecule has 0 radical (unpaired) electrons. The van der Waals surface area contributed by atoms with Gasteiger partial charge in [0.25, 0.3) is 0 Å². The molecule has 2 N–H and O–H groups in total. The van der Waals surface area contributed by atoms with E-state index >= 15 is 0 Å². The highest BCUT2D eigenvalue weighted by atomic mass is 14.9. The molecule has 3 atom stereocenters. The third-order valence-corrected chi connectivity index (χ3v) is 7.69. The third-order valence-electron chi connectivity index (χ3n) is 7.69. The second kappa shape index (κ2) is 8.52. The zero-order valence-electron chi connectivity index (χ0n) is 18.0. The Morgan fingerprint density at radius 2 is 1.83 bits per heavy atom. The molecule has 2 heteroatoms. The average Bonchev–Trinajstić information content (AvgIpc) is 3.05. The molecule has 0 aromatic heterocycles. The van der Waals surface area contributed by atoms with Crippen LogP contribution in [0.5, 0.6) is 0 Å². The number of allylic oxidation sites excluding steroid dienone is 6. The topological polar surface area (TPSA) is 24.1 Å². The van der Waals surface area contributed by atoms with Crippen LogP contribution in [0.3, 0.4) is 0 Å². The largest absolute Gasteiger partial charge is 0.388 e. The lowest BCUT2D eigenvalue weighted by Crippen LogP contribution is -2.38. The summed E-state index contributed by atoms with van der Waals surface area (Å²) in [5.41, 5.74) is 9.68. The second-order valence-electron chi connectivity index (χ2n) is 9.74. The van der Waals surface area contributed by atoms with Crippen molar-refractivity contribution in [3.8, 4) is 0 Å². The summed E-state index contributed by atoms with van der Waals surface area (Å²) in [6, 6.07) is 11.6. The minimum Gasteiger partial charge on any atom is -0.388 e. The predicted molar refractivity (Wildman–Crippen MR) is 121 cm³/mol. The lowest BCUT2D eigenvalue weighted by molar-refractivity contribution is 0.258. The summed E-state index contributed by atoms with van der Waals surface area (Å²) in [5, 5.41) is 7.64. The van der Waals surface area contributed by atoms with Crippen LogP contribution in [0.25, 0.3) is 0 Å². The first-order chi connectivity index (χ1) is 14.3. The van der Waals surface area contributed by atoms with Crippen LogP contribution in [0.4, 0.5) is 0 Å². The molecular formula is C27H36N2. The van der Waals surface area contributed by atoms with Gasteiger partial charge in [0.2, 0.25) is 0 Å². The maximum absolute atomic E-state index is 3.91. The Morgan fingerprint density at radius 1 is 0.966 bits per heavy atom. The number of piperidine rings is 1. The van der Waals surface area contributed by atoms with Crippen LogP contribution >= 0.6 is 0 Å². The molecule has 1 saturated heterocycles. The predicted octanol–water partition coefficient (Wildman–Crippen LogP) is 6.03. The normalized spacial score (nSPS) is 31.8. The summed E-state index contributed by atoms with van der Waals surface area (Å²) in [6.45, 7) is 4.58. The Balaban J connectivity index is 1.19. The van der Waals surface area contributed by atoms with Gasteiger partial charge in [0, 0.05) is 24.8 Å². The average molecular weight is 389 g/mol. The lowest BCUT2D eigenvalue weighted by Gasteiger charge is -2.33. The molecule has 1 aromatic rings. The van der Waals surface area contributed by atoms with Crippen molar-refractivity contribution < 1.29 is 0 Å². The van der Waals surface area contributed by atoms with Crippen molar-refractivity contribution in [1.82, 2.24) is 10.6 Å². The highest BCUT2D eigenvalue weighted by Crippen LogP contribution is 2.48. The highest BCUT2D eigenvalue weighted by molar-refractivity contribution is 5.61. The van der Waals surface area contributed by atoms with Gasteiger partial charge in [-0.25, -0.2) is 0 Å². The fourth-order valence-electron chi connectivity index (χ4n) is 6.02. The van der Waals surface area contributed by atoms with Gasteiger partial charge in [-0.15, -0.1) is 0 Å². The zero-order valence-corrected chi connectivity index (χ0v) is 18.0. The molecule has 1 saturated carbocycles. The van der Waals surface area contributed by atoms with E-state index in [0.29, 0.717) is 6.04 Å². The van der Waals surface area contributed by atoms with Gasteiger partial charge in [0.15, 0.2) is 0 Å². The standard InChI is InChI=1S/C27H36N2/c1-19-8-7-13-28-27(19)25-17-23-15-21(16-24(23)25)14-22-11-5-6-12-26(22)29-18-20-9-3-2-4-10-20/h2-4,9-10,15,19,22,26,28-29H,5-8,11-14,16-18H2,1H3/b27-25+. The van der Waals surface area contributed by atoms with Crippen LogP contribution in [0.2, 0.25) is 0 Å². The monoisotopic (exact) mass is 388 g/mol. The molecule has 0 bridgehead atoms. The second-order valence-corrected chi connectivity index (χ2v) is 9.74. The van der Waals surface area contributed by atoms with Crippen LogP contribution < -0.4 is 10.6 Å². The van der Waals surface area contributed by atoms with Crippen molar-refractivity contribution in [3.05, 3.63) is 70.0 Å². The molecule has 1 heterocycles. The maximum atomic E-state index is 3.91. The van der Waals surface area contributed by atoms with E-state index in [9.17, 15) is 0 Å². The van der Waals surface area contributed by atoms with E-state index in [2.05, 4.69) is 54.0 Å². The highest BCUT2D eigenvalue weighted by Gasteiger charge is 2.34. The van der Waals surface area contributed by atoms with Gasteiger partial charge in [-0.3, -0.25) is 0 Å². The van der Waals surface area contributed by atoms with Crippen LogP contribution in [0.1, 0.15) is 70.3 Å². The van der Waals surface area contributed by atoms with E-state index in [1.807, 2.05) is 0 Å². The minimum atomic E-state index is 0.677. The molecule has 1 aromatic carbocycles. The van der Waals surface area contributed by atoms with Gasteiger partial charge in [0.1, 0.15) is 0 Å². The molecule has 5 rings (SSSR count). The molecule has 29 heavy (non-hydrogen) atoms. The Hall–Kier alpha value is -1.80. The van der Waals surface area contributed by atoms with Crippen molar-refractivity contribution in [2.75, 3.05) is 6.54 Å². The molecule has 2 nitrogen and oxygen atoms in total. The molecule has 2 fully saturated rings. The van der Waals surface area contributed by atoms with Crippen molar-refractivity contribution in [1.29, 1.82) is 0 Å². The summed E-state index contributed by atoms with van der Waals surface area (Å²) in [4.78, 5) is 0. The molecule has 3 unspecified atom stereocenters. The molecular weight excluding hydrogens is 352 g/mol. The van der Waals surface area contributed by atoms with Crippen LogP contribution in [-0.2, 0) is 6.54 Å². The fraction of sp³-hybridized carbons (Fsp3) is 0.556. The zero-order chi connectivity index (χ0) is 19.6. The fourth-order valence-corrected chi connectivity index (χ4v) is 6.02. The first-order valence-corrected chi connectivity index (χ1v) is 11.9. The Bertz CT molecular complexity index is 829. The first kappa shape index (κ1) is 19.2. The minimum absolute atomic E-state index is 0.677. The third kappa shape index (κ3) is 4.10. The number of hydrogen-bond donors (Lipinski definition) is 2. The van der Waals surface area contributed by atoms with Gasteiger partial charge < -0.3 is 10.6 Å². The summed E-state index contributed by atoms with van der Waals surface area (Å²) in [5.74, 6) is 1.53. The Labute approximate surface area is 176 Å². The SMILES string of the molecule is CC1CCCN/C1=C1\CC2=C1CC(CC1CCCCC1NCc1ccccc1)=C2. The van der Waals surface area contributed by atoms with E-state index in [1.165, 1.54) is 69.9 Å². The molecule has 154 valence electrons. The molecule has 0 spiro atoms. The van der Waals surface area contributed by atoms with Gasteiger partial charge in [-0.2, -0.15) is 0 Å². The molecule has 4 aliphatic rings. The molecule has 1 aliphatic heterocycles. The van der Waals surface area contributed by atoms with Crippen molar-refractivity contribution in [2.24, 2.45) is 11.8 Å². The Morgan fingerprint density at radius 3 is 2.69 bits per heavy atom. The van der Waals surface area contributed by atoms with E-state index < -0.39 is 0 Å². The Kier molecular flexibility index (Phi) is 5.63. The van der Waals surface area contributed by atoms with Crippen molar-refractivity contribution >= 4 is 0 Å². The number of hydrogen-bond acceptors (Lipinski definition) is 2. The number of nitrogens with one attached hydrogen (secondary N) is 2. The quantitative estimate of drug-likeness (QED) is 0.643. The maximum Gasteiger partial charge on any atom is 0.0208 e. The lowest BCUT2D eigenvalue weighted by atomic mass is 9.78. The molecule has 3 aliphatic carbocycles. The van der Waals surface area contributed by atoms with Crippen molar-refractivity contribution in [3.63, 3.8) is 0 Å². The number of rotatable bonds is 5. The molecule has 0 amide bonds. The smallest absolute Gasteiger partial charge is 0.0208 e. The summed E-state index contributed by atoms with van der Waals surface area (Å²) in [6.07, 6.45) is 14.5.